The molecule has 2 aromatic heterocycles. The number of hydrogen-bond donors (Lipinski definition) is 0. The van der Waals surface area contributed by atoms with Gasteiger partial charge in [-0.3, -0.25) is 0 Å². The lowest BCUT2D eigenvalue weighted by Crippen LogP contribution is -2.02. The predicted molar refractivity (Wildman–Crippen MR) is 130 cm³/mol. The monoisotopic (exact) mass is 404 g/mol. The third-order valence-electron chi connectivity index (χ3n) is 5.85. The predicted octanol–water partition coefficient (Wildman–Crippen LogP) is 6.22. The van der Waals surface area contributed by atoms with Gasteiger partial charge in [0.25, 0.3) is 0 Å². The number of hydrogen-bond acceptors (Lipinski definition) is 2. The summed E-state index contributed by atoms with van der Waals surface area (Å²) in [6.07, 6.45) is 4.20. The number of imidazole rings is 2. The van der Waals surface area contributed by atoms with Crippen LogP contribution in [0.3, 0.4) is 0 Å². The first-order chi connectivity index (χ1) is 15.1. The summed E-state index contributed by atoms with van der Waals surface area (Å²) in [5.41, 5.74) is 8.30. The molecule has 0 saturated heterocycles. The Morgan fingerprint density at radius 3 is 2.10 bits per heavy atom. The molecule has 4 nitrogen and oxygen atoms in total. The Morgan fingerprint density at radius 2 is 1.45 bits per heavy atom. The van der Waals surface area contributed by atoms with Crippen molar-refractivity contribution < 1.29 is 0 Å². The molecule has 0 amide bonds. The molecule has 0 N–H and O–H groups in total. The Bertz CT molecular complexity index is 1480. The zero-order valence-electron chi connectivity index (χ0n) is 18.0. The lowest BCUT2D eigenvalue weighted by atomic mass is 9.94. The van der Waals surface area contributed by atoms with Crippen molar-refractivity contribution in [3.05, 3.63) is 96.3 Å². The molecule has 2 heterocycles. The number of aromatic nitrogens is 4. The largest absolute Gasteiger partial charge is 0.327 e. The van der Waals surface area contributed by atoms with Gasteiger partial charge in [-0.25, -0.2) is 9.97 Å². The van der Waals surface area contributed by atoms with Crippen LogP contribution in [-0.2, 0) is 14.1 Å². The third kappa shape index (κ3) is 2.99. The molecular formula is C27H24N4. The van der Waals surface area contributed by atoms with Crippen molar-refractivity contribution in [2.24, 2.45) is 14.1 Å². The standard InChI is InChI=1S/C27H24N4/c1-5-11-20-19(18(2)26-28-22-14-6-8-16-24(22)30(26)3)12-10-13-21(20)27-29-23-15-7-9-17-25(23)31(27)4/h5-17H,2H2,1,3-4H3/b11-5-. The van der Waals surface area contributed by atoms with E-state index in [0.717, 1.165) is 56.0 Å². The van der Waals surface area contributed by atoms with E-state index >= 15 is 0 Å². The number of nitrogens with zero attached hydrogens (tertiary/aromatic N) is 4. The fraction of sp³-hybridized carbons (Fsp3) is 0.111. The van der Waals surface area contributed by atoms with Crippen LogP contribution >= 0.6 is 0 Å². The molecule has 0 aliphatic rings. The van der Waals surface area contributed by atoms with E-state index < -0.39 is 0 Å². The van der Waals surface area contributed by atoms with Crippen molar-refractivity contribution >= 4 is 33.7 Å². The smallest absolute Gasteiger partial charge is 0.141 e. The van der Waals surface area contributed by atoms with E-state index in [1.807, 2.05) is 44.3 Å². The first kappa shape index (κ1) is 19.1. The minimum Gasteiger partial charge on any atom is -0.327 e. The number of fused-ring (bicyclic) bond motifs is 2. The summed E-state index contributed by atoms with van der Waals surface area (Å²) in [4.78, 5) is 9.79. The van der Waals surface area contributed by atoms with Gasteiger partial charge in [0.1, 0.15) is 11.6 Å². The van der Waals surface area contributed by atoms with E-state index in [9.17, 15) is 0 Å². The van der Waals surface area contributed by atoms with Crippen LogP contribution in [-0.4, -0.2) is 19.1 Å². The summed E-state index contributed by atoms with van der Waals surface area (Å²) in [5.74, 6) is 1.81. The molecule has 0 atom stereocenters. The van der Waals surface area contributed by atoms with Crippen LogP contribution in [0.5, 0.6) is 0 Å². The van der Waals surface area contributed by atoms with Crippen molar-refractivity contribution in [2.45, 2.75) is 6.92 Å². The van der Waals surface area contributed by atoms with Gasteiger partial charge in [-0.2, -0.15) is 0 Å². The molecule has 5 rings (SSSR count). The van der Waals surface area contributed by atoms with Gasteiger partial charge in [0.15, 0.2) is 0 Å². The van der Waals surface area contributed by atoms with Gasteiger partial charge < -0.3 is 9.13 Å². The molecule has 0 spiro atoms. The topological polar surface area (TPSA) is 35.6 Å². The average Bonchev–Trinajstić information content (AvgIpc) is 3.31. The first-order valence-electron chi connectivity index (χ1n) is 10.4. The summed E-state index contributed by atoms with van der Waals surface area (Å²) in [6, 6.07) is 22.7. The fourth-order valence-electron chi connectivity index (χ4n) is 4.29. The highest BCUT2D eigenvalue weighted by Crippen LogP contribution is 2.34. The zero-order chi connectivity index (χ0) is 21.5. The highest BCUT2D eigenvalue weighted by atomic mass is 15.1. The molecule has 0 radical (unpaired) electrons. The van der Waals surface area contributed by atoms with Crippen molar-refractivity contribution in [3.63, 3.8) is 0 Å². The third-order valence-corrected chi connectivity index (χ3v) is 5.85. The summed E-state index contributed by atoms with van der Waals surface area (Å²) >= 11 is 0. The van der Waals surface area contributed by atoms with Gasteiger partial charge in [-0.1, -0.05) is 61.2 Å². The second-order valence-corrected chi connectivity index (χ2v) is 7.71. The Labute approximate surface area is 181 Å². The van der Waals surface area contributed by atoms with Gasteiger partial charge in [0, 0.05) is 25.2 Å². The molecule has 0 fully saturated rings. The SMILES string of the molecule is C=C(c1cccc(-c2nc3ccccc3n2C)c1/C=C\C)c1nc2ccccc2n1C. The van der Waals surface area contributed by atoms with Gasteiger partial charge in [0.05, 0.1) is 22.1 Å². The second kappa shape index (κ2) is 7.40. The van der Waals surface area contributed by atoms with Crippen LogP contribution in [0.2, 0.25) is 0 Å². The van der Waals surface area contributed by atoms with Crippen molar-refractivity contribution in [3.8, 4) is 11.4 Å². The molecule has 0 aliphatic heterocycles. The number of allylic oxidation sites excluding steroid dienone is 1. The lowest BCUT2D eigenvalue weighted by Gasteiger charge is -2.14. The van der Waals surface area contributed by atoms with Gasteiger partial charge in [-0.05, 0) is 42.3 Å². The average molecular weight is 405 g/mol. The van der Waals surface area contributed by atoms with E-state index in [1.54, 1.807) is 0 Å². The van der Waals surface area contributed by atoms with Gasteiger partial charge >= 0.3 is 0 Å². The van der Waals surface area contributed by atoms with Crippen LogP contribution in [0, 0.1) is 0 Å². The summed E-state index contributed by atoms with van der Waals surface area (Å²) in [5, 5.41) is 0. The maximum atomic E-state index is 4.93. The molecular weight excluding hydrogens is 380 g/mol. The molecule has 3 aromatic carbocycles. The highest BCUT2D eigenvalue weighted by Gasteiger charge is 2.19. The summed E-state index contributed by atoms with van der Waals surface area (Å²) in [6.45, 7) is 6.48. The molecule has 152 valence electrons. The normalized spacial score (nSPS) is 11.7. The molecule has 5 aromatic rings. The van der Waals surface area contributed by atoms with E-state index in [1.165, 1.54) is 0 Å². The minimum absolute atomic E-state index is 0.870. The molecule has 4 heteroatoms. The van der Waals surface area contributed by atoms with Gasteiger partial charge in [-0.15, -0.1) is 0 Å². The van der Waals surface area contributed by atoms with Crippen LogP contribution < -0.4 is 0 Å². The fourth-order valence-corrected chi connectivity index (χ4v) is 4.29. The Kier molecular flexibility index (Phi) is 4.55. The summed E-state index contributed by atoms with van der Waals surface area (Å²) in [7, 11) is 4.11. The van der Waals surface area contributed by atoms with Crippen molar-refractivity contribution in [1.82, 2.24) is 19.1 Å². The first-order valence-corrected chi connectivity index (χ1v) is 10.4. The molecule has 0 aliphatic carbocycles. The van der Waals surface area contributed by atoms with Crippen LogP contribution in [0.25, 0.3) is 45.1 Å². The minimum atomic E-state index is 0.870. The van der Waals surface area contributed by atoms with E-state index in [4.69, 9.17) is 9.97 Å². The molecule has 0 bridgehead atoms. The number of rotatable bonds is 4. The van der Waals surface area contributed by atoms with Crippen molar-refractivity contribution in [1.29, 1.82) is 0 Å². The molecule has 0 saturated carbocycles. The number of aryl methyl sites for hydroxylation is 2. The van der Waals surface area contributed by atoms with Gasteiger partial charge in [0.2, 0.25) is 0 Å². The Balaban J connectivity index is 1.72. The quantitative estimate of drug-likeness (QED) is 0.356. The Hall–Kier alpha value is -3.92. The maximum Gasteiger partial charge on any atom is 0.141 e. The van der Waals surface area contributed by atoms with Crippen LogP contribution in [0.15, 0.2) is 79.4 Å². The lowest BCUT2D eigenvalue weighted by molar-refractivity contribution is 0.922. The molecule has 31 heavy (non-hydrogen) atoms. The number of para-hydroxylation sites is 4. The van der Waals surface area contributed by atoms with Crippen LogP contribution in [0.4, 0.5) is 0 Å². The summed E-state index contributed by atoms with van der Waals surface area (Å²) < 4.78 is 4.26. The van der Waals surface area contributed by atoms with E-state index in [2.05, 4.69) is 71.3 Å². The van der Waals surface area contributed by atoms with Crippen molar-refractivity contribution in [2.75, 3.05) is 0 Å². The second-order valence-electron chi connectivity index (χ2n) is 7.71. The van der Waals surface area contributed by atoms with Crippen LogP contribution in [0.1, 0.15) is 23.9 Å². The number of benzene rings is 3. The maximum absolute atomic E-state index is 4.93. The van der Waals surface area contributed by atoms with E-state index in [-0.39, 0.29) is 0 Å². The Morgan fingerprint density at radius 1 is 0.806 bits per heavy atom. The highest BCUT2D eigenvalue weighted by molar-refractivity contribution is 5.90. The van der Waals surface area contributed by atoms with E-state index in [0.29, 0.717) is 0 Å². The zero-order valence-corrected chi connectivity index (χ0v) is 18.0. The molecule has 0 unspecified atom stereocenters.